The molecule has 2 aromatic rings. The van der Waals surface area contributed by atoms with Crippen LogP contribution in [0.1, 0.15) is 35.4 Å². The summed E-state index contributed by atoms with van der Waals surface area (Å²) in [6, 6.07) is 6.62. The summed E-state index contributed by atoms with van der Waals surface area (Å²) in [4.78, 5) is 4.49. The molecule has 22 heavy (non-hydrogen) atoms. The van der Waals surface area contributed by atoms with Crippen LogP contribution in [0.15, 0.2) is 30.6 Å². The van der Waals surface area contributed by atoms with Crippen LogP contribution >= 0.6 is 0 Å². The van der Waals surface area contributed by atoms with Gasteiger partial charge in [0.1, 0.15) is 5.82 Å². The zero-order chi connectivity index (χ0) is 15.4. The molecule has 1 aliphatic heterocycles. The molecule has 1 aromatic heterocycles. The second-order valence-corrected chi connectivity index (χ2v) is 6.17. The third-order valence-corrected chi connectivity index (χ3v) is 4.33. The number of nitrogens with zero attached hydrogens (tertiary/aromatic N) is 2. The van der Waals surface area contributed by atoms with Crippen LogP contribution in [0.3, 0.4) is 0 Å². The lowest BCUT2D eigenvalue weighted by Crippen LogP contribution is -2.27. The molecule has 0 bridgehead atoms. The summed E-state index contributed by atoms with van der Waals surface area (Å²) in [5.41, 5.74) is 4.00. The first kappa shape index (κ1) is 15.3. The first-order valence-electron chi connectivity index (χ1n) is 8.11. The van der Waals surface area contributed by atoms with Crippen molar-refractivity contribution in [3.63, 3.8) is 0 Å². The smallest absolute Gasteiger partial charge is 0.122 e. The van der Waals surface area contributed by atoms with Crippen molar-refractivity contribution in [3.05, 3.63) is 53.1 Å². The molecule has 1 unspecified atom stereocenters. The van der Waals surface area contributed by atoms with Gasteiger partial charge in [0.05, 0.1) is 12.6 Å². The molecule has 2 heterocycles. The van der Waals surface area contributed by atoms with Gasteiger partial charge in [-0.1, -0.05) is 23.8 Å². The van der Waals surface area contributed by atoms with Crippen molar-refractivity contribution < 1.29 is 4.74 Å². The summed E-state index contributed by atoms with van der Waals surface area (Å²) in [6.07, 6.45) is 6.68. The molecule has 0 amide bonds. The highest BCUT2D eigenvalue weighted by Crippen LogP contribution is 2.14. The molecular formula is C18H25N3O. The standard InChI is InChI=1S/C18H25N3O/c1-14-5-6-15(2)16(10-14)13-21-8-7-20-18(21)12-19-11-17-4-3-9-22-17/h5-8,10,17,19H,3-4,9,11-13H2,1-2H3. The lowest BCUT2D eigenvalue weighted by Gasteiger charge is -2.13. The quantitative estimate of drug-likeness (QED) is 0.891. The topological polar surface area (TPSA) is 39.1 Å². The highest BCUT2D eigenvalue weighted by molar-refractivity contribution is 5.30. The number of hydrogen-bond acceptors (Lipinski definition) is 3. The molecule has 4 heteroatoms. The van der Waals surface area contributed by atoms with Crippen molar-refractivity contribution in [2.24, 2.45) is 0 Å². The maximum atomic E-state index is 5.64. The van der Waals surface area contributed by atoms with Gasteiger partial charge in [-0.3, -0.25) is 0 Å². The number of imidazole rings is 1. The van der Waals surface area contributed by atoms with Gasteiger partial charge in [0, 0.05) is 32.1 Å². The zero-order valence-corrected chi connectivity index (χ0v) is 13.5. The number of benzene rings is 1. The van der Waals surface area contributed by atoms with Gasteiger partial charge in [-0.2, -0.15) is 0 Å². The van der Waals surface area contributed by atoms with E-state index in [1.165, 1.54) is 29.5 Å². The fourth-order valence-corrected chi connectivity index (χ4v) is 2.96. The minimum absolute atomic E-state index is 0.377. The van der Waals surface area contributed by atoms with Crippen LogP contribution in [0.5, 0.6) is 0 Å². The number of rotatable bonds is 6. The van der Waals surface area contributed by atoms with Gasteiger partial charge in [0.25, 0.3) is 0 Å². The summed E-state index contributed by atoms with van der Waals surface area (Å²) in [5, 5.41) is 3.47. The van der Waals surface area contributed by atoms with Gasteiger partial charge in [0.2, 0.25) is 0 Å². The van der Waals surface area contributed by atoms with E-state index in [-0.39, 0.29) is 0 Å². The Bertz CT molecular complexity index is 615. The molecule has 3 rings (SSSR count). The second kappa shape index (κ2) is 7.07. The maximum absolute atomic E-state index is 5.64. The van der Waals surface area contributed by atoms with E-state index in [9.17, 15) is 0 Å². The summed E-state index contributed by atoms with van der Waals surface area (Å²) < 4.78 is 7.86. The highest BCUT2D eigenvalue weighted by Gasteiger charge is 2.15. The van der Waals surface area contributed by atoms with E-state index in [1.807, 2.05) is 6.20 Å². The molecule has 1 aliphatic rings. The summed E-state index contributed by atoms with van der Waals surface area (Å²) in [5.74, 6) is 1.08. The van der Waals surface area contributed by atoms with Gasteiger partial charge in [-0.25, -0.2) is 4.98 Å². The summed E-state index contributed by atoms with van der Waals surface area (Å²) in [7, 11) is 0. The van der Waals surface area contributed by atoms with E-state index in [0.29, 0.717) is 6.10 Å². The number of nitrogens with one attached hydrogen (secondary N) is 1. The SMILES string of the molecule is Cc1ccc(C)c(Cn2ccnc2CNCC2CCCO2)c1. The second-order valence-electron chi connectivity index (χ2n) is 6.17. The van der Waals surface area contributed by atoms with Crippen LogP contribution in [0.2, 0.25) is 0 Å². The average Bonchev–Trinajstić information content (AvgIpc) is 3.15. The molecule has 1 saturated heterocycles. The van der Waals surface area contributed by atoms with E-state index in [2.05, 4.69) is 53.1 Å². The Kier molecular flexibility index (Phi) is 4.90. The Morgan fingerprint density at radius 3 is 3.09 bits per heavy atom. The normalized spacial score (nSPS) is 18.0. The molecule has 4 nitrogen and oxygen atoms in total. The highest BCUT2D eigenvalue weighted by atomic mass is 16.5. The Morgan fingerprint density at radius 2 is 2.27 bits per heavy atom. The Morgan fingerprint density at radius 1 is 1.36 bits per heavy atom. The van der Waals surface area contributed by atoms with E-state index < -0.39 is 0 Å². The van der Waals surface area contributed by atoms with Crippen molar-refractivity contribution in [1.82, 2.24) is 14.9 Å². The largest absolute Gasteiger partial charge is 0.377 e. The van der Waals surface area contributed by atoms with Crippen LogP contribution in [0.4, 0.5) is 0 Å². The van der Waals surface area contributed by atoms with E-state index >= 15 is 0 Å². The van der Waals surface area contributed by atoms with Crippen LogP contribution in [0.25, 0.3) is 0 Å². The van der Waals surface area contributed by atoms with Crippen LogP contribution in [0, 0.1) is 13.8 Å². The first-order valence-corrected chi connectivity index (χ1v) is 8.11. The van der Waals surface area contributed by atoms with Gasteiger partial charge in [-0.15, -0.1) is 0 Å². The number of aryl methyl sites for hydroxylation is 2. The Labute approximate surface area is 132 Å². The average molecular weight is 299 g/mol. The third-order valence-electron chi connectivity index (χ3n) is 4.33. The lowest BCUT2D eigenvalue weighted by molar-refractivity contribution is 0.109. The Balaban J connectivity index is 1.60. The van der Waals surface area contributed by atoms with E-state index in [0.717, 1.165) is 32.1 Å². The first-order chi connectivity index (χ1) is 10.7. The molecule has 1 fully saturated rings. The van der Waals surface area contributed by atoms with Gasteiger partial charge < -0.3 is 14.6 Å². The van der Waals surface area contributed by atoms with Crippen LogP contribution in [-0.2, 0) is 17.8 Å². The number of ether oxygens (including phenoxy) is 1. The molecular weight excluding hydrogens is 274 g/mol. The van der Waals surface area contributed by atoms with E-state index in [4.69, 9.17) is 4.74 Å². The molecule has 0 radical (unpaired) electrons. The molecule has 0 saturated carbocycles. The summed E-state index contributed by atoms with van der Waals surface area (Å²) >= 11 is 0. The van der Waals surface area contributed by atoms with Crippen molar-refractivity contribution in [3.8, 4) is 0 Å². The van der Waals surface area contributed by atoms with Crippen molar-refractivity contribution in [1.29, 1.82) is 0 Å². The maximum Gasteiger partial charge on any atom is 0.122 e. The van der Waals surface area contributed by atoms with Gasteiger partial charge >= 0.3 is 0 Å². The fraction of sp³-hybridized carbons (Fsp3) is 0.500. The fourth-order valence-electron chi connectivity index (χ4n) is 2.96. The van der Waals surface area contributed by atoms with Crippen molar-refractivity contribution in [2.45, 2.75) is 45.9 Å². The van der Waals surface area contributed by atoms with Gasteiger partial charge in [0.15, 0.2) is 0 Å². The third kappa shape index (κ3) is 3.76. The number of hydrogen-bond donors (Lipinski definition) is 1. The molecule has 1 aromatic carbocycles. The van der Waals surface area contributed by atoms with E-state index in [1.54, 1.807) is 0 Å². The van der Waals surface area contributed by atoms with Crippen molar-refractivity contribution in [2.75, 3.05) is 13.2 Å². The molecule has 0 spiro atoms. The predicted octanol–water partition coefficient (Wildman–Crippen LogP) is 2.82. The zero-order valence-electron chi connectivity index (χ0n) is 13.5. The summed E-state index contributed by atoms with van der Waals surface area (Å²) in [6.45, 7) is 7.80. The minimum atomic E-state index is 0.377. The molecule has 118 valence electrons. The van der Waals surface area contributed by atoms with Crippen LogP contribution in [-0.4, -0.2) is 28.8 Å². The molecule has 1 N–H and O–H groups in total. The Hall–Kier alpha value is -1.65. The molecule has 1 atom stereocenters. The minimum Gasteiger partial charge on any atom is -0.377 e. The monoisotopic (exact) mass is 299 g/mol. The van der Waals surface area contributed by atoms with Crippen LogP contribution < -0.4 is 5.32 Å². The van der Waals surface area contributed by atoms with Gasteiger partial charge in [-0.05, 0) is 37.8 Å². The van der Waals surface area contributed by atoms with Crippen molar-refractivity contribution >= 4 is 0 Å². The number of aromatic nitrogens is 2. The predicted molar refractivity (Wildman–Crippen MR) is 87.9 cm³/mol. The lowest BCUT2D eigenvalue weighted by atomic mass is 10.1. The molecule has 0 aliphatic carbocycles.